The van der Waals surface area contributed by atoms with Gasteiger partial charge in [0.25, 0.3) is 5.91 Å². The minimum Gasteiger partial charge on any atom is -0.383 e. The van der Waals surface area contributed by atoms with Crippen LogP contribution in [-0.4, -0.2) is 39.2 Å². The van der Waals surface area contributed by atoms with Crippen molar-refractivity contribution < 1.29 is 4.79 Å². The summed E-state index contributed by atoms with van der Waals surface area (Å²) in [4.78, 5) is 20.3. The van der Waals surface area contributed by atoms with E-state index < -0.39 is 0 Å². The maximum Gasteiger partial charge on any atom is 0.253 e. The van der Waals surface area contributed by atoms with Gasteiger partial charge in [-0.15, -0.1) is 0 Å². The van der Waals surface area contributed by atoms with E-state index >= 15 is 0 Å². The van der Waals surface area contributed by atoms with Crippen molar-refractivity contribution in [3.8, 4) is 0 Å². The molecule has 0 saturated heterocycles. The number of hydrogen-bond acceptors (Lipinski definition) is 5. The summed E-state index contributed by atoms with van der Waals surface area (Å²) in [6, 6.07) is 1.73. The Bertz CT molecular complexity index is 554. The number of rotatable bonds is 8. The second-order valence-electron chi connectivity index (χ2n) is 4.64. The molecule has 0 aromatic carbocycles. The summed E-state index contributed by atoms with van der Waals surface area (Å²) in [5.74, 6) is 0.743. The van der Waals surface area contributed by atoms with Gasteiger partial charge in [-0.3, -0.25) is 14.9 Å². The topological polar surface area (TPSA) is 95.6 Å². The van der Waals surface area contributed by atoms with Crippen molar-refractivity contribution in [2.24, 2.45) is 0 Å². The molecule has 3 N–H and O–H groups in total. The number of anilines is 1. The molecule has 0 aliphatic rings. The predicted molar refractivity (Wildman–Crippen MR) is 80.1 cm³/mol. The molecule has 2 rings (SSSR count). The van der Waals surface area contributed by atoms with E-state index in [1.165, 1.54) is 6.33 Å². The van der Waals surface area contributed by atoms with Crippen LogP contribution in [0.5, 0.6) is 0 Å². The van der Waals surface area contributed by atoms with Gasteiger partial charge in [-0.25, -0.2) is 4.98 Å². The number of hydrogen-bond donors (Lipinski definition) is 3. The molecular formula is C14H20N6O. The van der Waals surface area contributed by atoms with Gasteiger partial charge in [0.1, 0.15) is 12.2 Å². The number of aryl methyl sites for hydroxylation is 1. The molecule has 0 bridgehead atoms. The number of carbonyl (C=O) groups is 1. The molecule has 0 fully saturated rings. The molecule has 7 heteroatoms. The third-order valence-electron chi connectivity index (χ3n) is 2.97. The SMILES string of the molecule is CCCNc1cnccc1C(=O)NCCCc1ncn[nH]1. The molecule has 0 radical (unpaired) electrons. The van der Waals surface area contributed by atoms with Crippen molar-refractivity contribution >= 4 is 11.6 Å². The first-order chi connectivity index (χ1) is 10.3. The van der Waals surface area contributed by atoms with E-state index in [1.807, 2.05) is 0 Å². The highest BCUT2D eigenvalue weighted by Gasteiger charge is 2.10. The van der Waals surface area contributed by atoms with Crippen molar-refractivity contribution in [2.45, 2.75) is 26.2 Å². The second-order valence-corrected chi connectivity index (χ2v) is 4.64. The molecule has 1 amide bonds. The largest absolute Gasteiger partial charge is 0.383 e. The average Bonchev–Trinajstić information content (AvgIpc) is 3.03. The molecule has 0 unspecified atom stereocenters. The van der Waals surface area contributed by atoms with E-state index in [2.05, 4.69) is 37.7 Å². The van der Waals surface area contributed by atoms with Crippen molar-refractivity contribution in [1.82, 2.24) is 25.5 Å². The van der Waals surface area contributed by atoms with Gasteiger partial charge in [0.2, 0.25) is 0 Å². The Morgan fingerprint density at radius 2 is 2.29 bits per heavy atom. The third kappa shape index (κ3) is 4.55. The summed E-state index contributed by atoms with van der Waals surface area (Å²) in [6.07, 6.45) is 7.35. The lowest BCUT2D eigenvalue weighted by atomic mass is 10.2. The highest BCUT2D eigenvalue weighted by Crippen LogP contribution is 2.13. The fourth-order valence-corrected chi connectivity index (χ4v) is 1.90. The van der Waals surface area contributed by atoms with E-state index in [0.717, 1.165) is 37.3 Å². The third-order valence-corrected chi connectivity index (χ3v) is 2.97. The number of carbonyl (C=O) groups excluding carboxylic acids is 1. The average molecular weight is 288 g/mol. The molecular weight excluding hydrogens is 268 g/mol. The number of amides is 1. The van der Waals surface area contributed by atoms with E-state index in [9.17, 15) is 4.79 Å². The molecule has 2 heterocycles. The van der Waals surface area contributed by atoms with Crippen LogP contribution in [0.1, 0.15) is 35.9 Å². The number of H-pyrrole nitrogens is 1. The number of nitrogens with one attached hydrogen (secondary N) is 3. The Morgan fingerprint density at radius 1 is 1.38 bits per heavy atom. The van der Waals surface area contributed by atoms with E-state index in [-0.39, 0.29) is 5.91 Å². The monoisotopic (exact) mass is 288 g/mol. The second kappa shape index (κ2) is 7.98. The Hall–Kier alpha value is -2.44. The van der Waals surface area contributed by atoms with E-state index in [0.29, 0.717) is 12.1 Å². The zero-order valence-electron chi connectivity index (χ0n) is 12.1. The standard InChI is InChI=1S/C14H20N6O/c1-2-6-16-12-9-15-8-5-11(12)14(21)17-7-3-4-13-18-10-19-20-13/h5,8-10,16H,2-4,6-7H2,1H3,(H,17,21)(H,18,19,20). The van der Waals surface area contributed by atoms with Gasteiger partial charge < -0.3 is 10.6 Å². The zero-order valence-corrected chi connectivity index (χ0v) is 12.1. The van der Waals surface area contributed by atoms with Gasteiger partial charge in [-0.2, -0.15) is 5.10 Å². The molecule has 0 spiro atoms. The van der Waals surface area contributed by atoms with Crippen molar-refractivity contribution in [3.63, 3.8) is 0 Å². The fourth-order valence-electron chi connectivity index (χ4n) is 1.90. The minimum atomic E-state index is -0.0893. The summed E-state index contributed by atoms with van der Waals surface area (Å²) in [7, 11) is 0. The molecule has 2 aromatic rings. The van der Waals surface area contributed by atoms with Crippen molar-refractivity contribution in [1.29, 1.82) is 0 Å². The number of aromatic amines is 1. The lowest BCUT2D eigenvalue weighted by Crippen LogP contribution is -2.26. The van der Waals surface area contributed by atoms with Crippen molar-refractivity contribution in [2.75, 3.05) is 18.4 Å². The first kappa shape index (κ1) is 15.0. The molecule has 0 aliphatic heterocycles. The Balaban J connectivity index is 1.82. The zero-order chi connectivity index (χ0) is 14.9. The first-order valence-corrected chi connectivity index (χ1v) is 7.11. The van der Waals surface area contributed by atoms with Crippen LogP contribution in [0.15, 0.2) is 24.8 Å². The molecule has 0 atom stereocenters. The van der Waals surface area contributed by atoms with E-state index in [4.69, 9.17) is 0 Å². The highest BCUT2D eigenvalue weighted by atomic mass is 16.1. The van der Waals surface area contributed by atoms with Crippen LogP contribution in [0.25, 0.3) is 0 Å². The normalized spacial score (nSPS) is 10.3. The van der Waals surface area contributed by atoms with Crippen LogP contribution in [0.4, 0.5) is 5.69 Å². The van der Waals surface area contributed by atoms with Crippen LogP contribution in [0.3, 0.4) is 0 Å². The Morgan fingerprint density at radius 3 is 3.05 bits per heavy atom. The van der Waals surface area contributed by atoms with Crippen molar-refractivity contribution in [3.05, 3.63) is 36.2 Å². The van der Waals surface area contributed by atoms with Gasteiger partial charge >= 0.3 is 0 Å². The highest BCUT2D eigenvalue weighted by molar-refractivity contribution is 5.99. The van der Waals surface area contributed by atoms with Crippen LogP contribution in [0, 0.1) is 0 Å². The summed E-state index contributed by atoms with van der Waals surface area (Å²) in [6.45, 7) is 3.49. The lowest BCUT2D eigenvalue weighted by Gasteiger charge is -2.10. The Labute approximate surface area is 123 Å². The first-order valence-electron chi connectivity index (χ1n) is 7.11. The van der Waals surface area contributed by atoms with Gasteiger partial charge in [0.05, 0.1) is 17.4 Å². The van der Waals surface area contributed by atoms with Gasteiger partial charge in [-0.05, 0) is 18.9 Å². The molecule has 112 valence electrons. The van der Waals surface area contributed by atoms with E-state index in [1.54, 1.807) is 18.5 Å². The summed E-state index contributed by atoms with van der Waals surface area (Å²) in [5.41, 5.74) is 1.39. The molecule has 0 aliphatic carbocycles. The van der Waals surface area contributed by atoms with Gasteiger partial charge in [0, 0.05) is 25.7 Å². The molecule has 21 heavy (non-hydrogen) atoms. The van der Waals surface area contributed by atoms with Gasteiger partial charge in [0.15, 0.2) is 0 Å². The van der Waals surface area contributed by atoms with Gasteiger partial charge in [-0.1, -0.05) is 6.92 Å². The summed E-state index contributed by atoms with van der Waals surface area (Å²) in [5, 5.41) is 12.7. The minimum absolute atomic E-state index is 0.0893. The Kier molecular flexibility index (Phi) is 5.69. The maximum absolute atomic E-state index is 12.2. The number of aromatic nitrogens is 4. The smallest absolute Gasteiger partial charge is 0.253 e. The number of nitrogens with zero attached hydrogens (tertiary/aromatic N) is 3. The lowest BCUT2D eigenvalue weighted by molar-refractivity contribution is 0.0954. The van der Waals surface area contributed by atoms with Crippen LogP contribution in [-0.2, 0) is 6.42 Å². The molecule has 0 saturated carbocycles. The van der Waals surface area contributed by atoms with Crippen LogP contribution < -0.4 is 10.6 Å². The summed E-state index contributed by atoms with van der Waals surface area (Å²) >= 11 is 0. The number of pyridine rings is 1. The molecule has 7 nitrogen and oxygen atoms in total. The fraction of sp³-hybridized carbons (Fsp3) is 0.429. The van der Waals surface area contributed by atoms with Crippen LogP contribution in [0.2, 0.25) is 0 Å². The molecule has 2 aromatic heterocycles. The quantitative estimate of drug-likeness (QED) is 0.638. The maximum atomic E-state index is 12.2. The van der Waals surface area contributed by atoms with Crippen LogP contribution >= 0.6 is 0 Å². The predicted octanol–water partition coefficient (Wildman–Crippen LogP) is 1.38. The summed E-state index contributed by atoms with van der Waals surface area (Å²) < 4.78 is 0.